The van der Waals surface area contributed by atoms with Gasteiger partial charge in [0.15, 0.2) is 0 Å². The number of nitrogens with zero attached hydrogens (tertiary/aromatic N) is 3. The summed E-state index contributed by atoms with van der Waals surface area (Å²) in [6, 6.07) is 4.44. The highest BCUT2D eigenvalue weighted by atomic mass is 35.5. The van der Waals surface area contributed by atoms with E-state index in [2.05, 4.69) is 15.0 Å². The lowest BCUT2D eigenvalue weighted by Gasteiger charge is -2.34. The summed E-state index contributed by atoms with van der Waals surface area (Å²) in [4.78, 5) is 48.6. The van der Waals surface area contributed by atoms with Crippen molar-refractivity contribution < 1.29 is 15.0 Å². The van der Waals surface area contributed by atoms with Gasteiger partial charge in [-0.3, -0.25) is 19.1 Å². The lowest BCUT2D eigenvalue weighted by Crippen LogP contribution is -2.47. The van der Waals surface area contributed by atoms with Crippen LogP contribution in [0.2, 0.25) is 5.02 Å². The third-order valence-electron chi connectivity index (χ3n) is 6.09. The van der Waals surface area contributed by atoms with Crippen LogP contribution in [0.4, 0.5) is 0 Å². The maximum Gasteiger partial charge on any atom is 0.328 e. The number of aryl methyl sites for hydroxylation is 2. The summed E-state index contributed by atoms with van der Waals surface area (Å²) in [6.45, 7) is 3.10. The van der Waals surface area contributed by atoms with E-state index in [0.717, 1.165) is 11.0 Å². The molecular formula is C22H26ClN5O5. The number of halogens is 1. The number of aromatic amines is 2. The quantitative estimate of drug-likeness (QED) is 0.441. The third kappa shape index (κ3) is 4.87. The summed E-state index contributed by atoms with van der Waals surface area (Å²) in [5.74, 6) is 0.386. The van der Waals surface area contributed by atoms with E-state index in [1.165, 1.54) is 22.6 Å². The molecule has 4 N–H and O–H groups in total. The Morgan fingerprint density at radius 2 is 2.06 bits per heavy atom. The van der Waals surface area contributed by atoms with E-state index in [9.17, 15) is 24.6 Å². The number of rotatable bonds is 4. The number of aliphatic hydroxyl groups excluding tert-OH is 1. The number of nitrogens with one attached hydrogen (secondary N) is 2. The minimum Gasteiger partial charge on any atom is -0.391 e. The minimum absolute atomic E-state index is 0.00399. The van der Waals surface area contributed by atoms with Gasteiger partial charge in [-0.2, -0.15) is 0 Å². The zero-order valence-corrected chi connectivity index (χ0v) is 19.1. The SMILES string of the molecule is Cc1cn([C@H]2CN(C(=O)CCc3nc4ccc(Cl)cc4[nH]3)C[C@H](O)C[C@]2(C)O)c(=O)[nH]c1=O. The summed E-state index contributed by atoms with van der Waals surface area (Å²) in [7, 11) is 0. The molecule has 176 valence electrons. The van der Waals surface area contributed by atoms with Crippen molar-refractivity contribution in [1.29, 1.82) is 0 Å². The number of H-pyrrole nitrogens is 2. The zero-order valence-electron chi connectivity index (χ0n) is 18.3. The predicted octanol–water partition coefficient (Wildman–Crippen LogP) is 0.893. The Hall–Kier alpha value is -2.95. The highest BCUT2D eigenvalue weighted by Gasteiger charge is 2.41. The van der Waals surface area contributed by atoms with E-state index < -0.39 is 29.0 Å². The average Bonchev–Trinajstić information content (AvgIpc) is 3.08. The number of benzene rings is 1. The average molecular weight is 476 g/mol. The van der Waals surface area contributed by atoms with Crippen molar-refractivity contribution in [3.63, 3.8) is 0 Å². The van der Waals surface area contributed by atoms with E-state index in [0.29, 0.717) is 22.8 Å². The van der Waals surface area contributed by atoms with Gasteiger partial charge in [-0.15, -0.1) is 0 Å². The zero-order chi connectivity index (χ0) is 23.9. The Kier molecular flexibility index (Phi) is 6.17. The number of hydrogen-bond acceptors (Lipinski definition) is 6. The minimum atomic E-state index is -1.49. The van der Waals surface area contributed by atoms with Crippen LogP contribution in [0.15, 0.2) is 34.0 Å². The van der Waals surface area contributed by atoms with Crippen LogP contribution in [-0.4, -0.2) is 65.3 Å². The van der Waals surface area contributed by atoms with Gasteiger partial charge in [-0.25, -0.2) is 9.78 Å². The second-order valence-corrected chi connectivity index (χ2v) is 9.29. The normalized spacial score (nSPS) is 23.6. The van der Waals surface area contributed by atoms with Crippen LogP contribution in [0.3, 0.4) is 0 Å². The molecule has 0 unspecified atom stereocenters. The molecule has 1 aliphatic rings. The molecule has 3 atom stereocenters. The highest BCUT2D eigenvalue weighted by Crippen LogP contribution is 2.31. The Bertz CT molecular complexity index is 1310. The molecule has 0 aliphatic carbocycles. The van der Waals surface area contributed by atoms with Gasteiger partial charge < -0.3 is 20.1 Å². The summed E-state index contributed by atoms with van der Waals surface area (Å²) < 4.78 is 1.23. The number of aliphatic hydroxyl groups is 2. The monoisotopic (exact) mass is 475 g/mol. The number of fused-ring (bicyclic) bond motifs is 1. The molecule has 0 radical (unpaired) electrons. The van der Waals surface area contributed by atoms with Crippen molar-refractivity contribution in [2.75, 3.05) is 13.1 Å². The summed E-state index contributed by atoms with van der Waals surface area (Å²) in [6.07, 6.45) is 0.837. The number of likely N-dealkylation sites (tertiary alicyclic amines) is 1. The summed E-state index contributed by atoms with van der Waals surface area (Å²) in [5.41, 5.74) is -0.848. The maximum absolute atomic E-state index is 13.1. The Balaban J connectivity index is 1.55. The molecule has 1 saturated heterocycles. The molecule has 10 nitrogen and oxygen atoms in total. The van der Waals surface area contributed by atoms with Gasteiger partial charge in [0.25, 0.3) is 5.56 Å². The fourth-order valence-electron chi connectivity index (χ4n) is 4.36. The number of β-amino-alcohol motifs (C(OH)–C–C–N with tert-alkyl or cyclic N) is 1. The standard InChI is InChI=1S/C22H26ClN5O5/c1-12-9-28(21(32)26-20(12)31)17-11-27(10-14(29)8-22(17,2)33)19(30)6-5-18-24-15-4-3-13(23)7-16(15)25-18/h3-4,7,9,14,17,29,33H,5-6,8,10-11H2,1-2H3,(H,24,25)(H,26,31,32)/t14-,17+,22+/m1/s1. The molecule has 0 spiro atoms. The van der Waals surface area contributed by atoms with Gasteiger partial charge in [0.05, 0.1) is 28.8 Å². The van der Waals surface area contributed by atoms with Crippen molar-refractivity contribution in [2.45, 2.75) is 50.9 Å². The molecule has 0 saturated carbocycles. The predicted molar refractivity (Wildman–Crippen MR) is 122 cm³/mol. The number of carbonyl (C=O) groups is 1. The Morgan fingerprint density at radius 3 is 2.82 bits per heavy atom. The second kappa shape index (κ2) is 8.77. The number of hydrogen-bond donors (Lipinski definition) is 4. The maximum atomic E-state index is 13.1. The molecule has 3 heterocycles. The molecule has 1 amide bonds. The summed E-state index contributed by atoms with van der Waals surface area (Å²) >= 11 is 6.01. The number of imidazole rings is 1. The molecule has 1 fully saturated rings. The molecule has 3 aromatic rings. The van der Waals surface area contributed by atoms with E-state index >= 15 is 0 Å². The van der Waals surface area contributed by atoms with Crippen molar-refractivity contribution >= 4 is 28.5 Å². The fourth-order valence-corrected chi connectivity index (χ4v) is 4.53. The summed E-state index contributed by atoms with van der Waals surface area (Å²) in [5, 5.41) is 22.1. The molecule has 1 aliphatic heterocycles. The Labute approximate surface area is 193 Å². The van der Waals surface area contributed by atoms with E-state index in [-0.39, 0.29) is 31.8 Å². The van der Waals surface area contributed by atoms with E-state index in [4.69, 9.17) is 11.6 Å². The van der Waals surface area contributed by atoms with Crippen LogP contribution < -0.4 is 11.2 Å². The first kappa shape index (κ1) is 23.2. The van der Waals surface area contributed by atoms with Crippen molar-refractivity contribution in [1.82, 2.24) is 24.4 Å². The van der Waals surface area contributed by atoms with Crippen LogP contribution in [0.5, 0.6) is 0 Å². The van der Waals surface area contributed by atoms with Crippen molar-refractivity contribution in [2.24, 2.45) is 0 Å². The van der Waals surface area contributed by atoms with E-state index in [1.54, 1.807) is 25.1 Å². The molecule has 2 aromatic heterocycles. The van der Waals surface area contributed by atoms with Gasteiger partial charge in [0, 0.05) is 49.1 Å². The fraction of sp³-hybridized carbons (Fsp3) is 0.455. The first-order valence-corrected chi connectivity index (χ1v) is 11.1. The topological polar surface area (TPSA) is 144 Å². The Morgan fingerprint density at radius 1 is 1.30 bits per heavy atom. The van der Waals surface area contributed by atoms with Crippen LogP contribution in [0.1, 0.15) is 37.2 Å². The van der Waals surface area contributed by atoms with Gasteiger partial charge in [-0.05, 0) is 32.0 Å². The molecule has 1 aromatic carbocycles. The van der Waals surface area contributed by atoms with Gasteiger partial charge in [0.2, 0.25) is 5.91 Å². The first-order valence-electron chi connectivity index (χ1n) is 10.7. The number of aromatic nitrogens is 4. The highest BCUT2D eigenvalue weighted by molar-refractivity contribution is 6.31. The lowest BCUT2D eigenvalue weighted by molar-refractivity contribution is -0.132. The van der Waals surface area contributed by atoms with Crippen LogP contribution in [0.25, 0.3) is 11.0 Å². The molecule has 0 bridgehead atoms. The van der Waals surface area contributed by atoms with Gasteiger partial charge >= 0.3 is 5.69 Å². The van der Waals surface area contributed by atoms with Crippen LogP contribution in [0, 0.1) is 6.92 Å². The largest absolute Gasteiger partial charge is 0.391 e. The molecule has 33 heavy (non-hydrogen) atoms. The van der Waals surface area contributed by atoms with Gasteiger partial charge in [-0.1, -0.05) is 11.6 Å². The smallest absolute Gasteiger partial charge is 0.328 e. The van der Waals surface area contributed by atoms with Crippen molar-refractivity contribution in [3.8, 4) is 0 Å². The second-order valence-electron chi connectivity index (χ2n) is 8.85. The third-order valence-corrected chi connectivity index (χ3v) is 6.33. The van der Waals surface area contributed by atoms with Crippen molar-refractivity contribution in [3.05, 3.63) is 61.6 Å². The van der Waals surface area contributed by atoms with Gasteiger partial charge in [0.1, 0.15) is 5.82 Å². The number of carbonyl (C=O) groups excluding carboxylic acids is 1. The number of amides is 1. The lowest BCUT2D eigenvalue weighted by atomic mass is 9.91. The van der Waals surface area contributed by atoms with E-state index in [1.807, 2.05) is 0 Å². The molecule has 11 heteroatoms. The van der Waals surface area contributed by atoms with Crippen LogP contribution in [-0.2, 0) is 11.2 Å². The first-order chi connectivity index (χ1) is 15.5. The van der Waals surface area contributed by atoms with Crippen LogP contribution >= 0.6 is 11.6 Å². The molecular weight excluding hydrogens is 450 g/mol. The molecule has 4 rings (SSSR count).